The van der Waals surface area contributed by atoms with Crippen LogP contribution in [0.4, 0.5) is 13.2 Å². The van der Waals surface area contributed by atoms with Gasteiger partial charge in [-0.15, -0.1) is 0 Å². The van der Waals surface area contributed by atoms with Gasteiger partial charge in [0.05, 0.1) is 6.61 Å². The maximum Gasteiger partial charge on any atom is 0.415 e. The molecule has 1 aromatic rings. The van der Waals surface area contributed by atoms with Crippen LogP contribution >= 0.6 is 0 Å². The quantitative estimate of drug-likeness (QED) is 0.889. The molecule has 106 valence electrons. The molecular formula is C13H16F3NO2. The van der Waals surface area contributed by atoms with Crippen LogP contribution in [0.15, 0.2) is 24.3 Å². The minimum Gasteiger partial charge on any atom is -0.493 e. The molecule has 2 N–H and O–H groups in total. The fraction of sp³-hybridized carbons (Fsp3) is 0.538. The predicted molar refractivity (Wildman–Crippen MR) is 63.9 cm³/mol. The van der Waals surface area contributed by atoms with Crippen molar-refractivity contribution < 1.29 is 23.0 Å². The van der Waals surface area contributed by atoms with Crippen molar-refractivity contribution in [3.8, 4) is 5.75 Å². The molecule has 3 unspecified atom stereocenters. The Morgan fingerprint density at radius 1 is 1.42 bits per heavy atom. The summed E-state index contributed by atoms with van der Waals surface area (Å²) >= 11 is 0. The zero-order valence-corrected chi connectivity index (χ0v) is 10.4. The Kier molecular flexibility index (Phi) is 4.01. The molecule has 1 aliphatic heterocycles. The van der Waals surface area contributed by atoms with E-state index in [4.69, 9.17) is 9.84 Å². The summed E-state index contributed by atoms with van der Waals surface area (Å²) in [5.74, 6) is 0.718. The Labute approximate surface area is 109 Å². The van der Waals surface area contributed by atoms with Crippen LogP contribution < -0.4 is 10.1 Å². The van der Waals surface area contributed by atoms with Gasteiger partial charge in [-0.2, -0.15) is 13.2 Å². The van der Waals surface area contributed by atoms with Crippen LogP contribution in [0.2, 0.25) is 0 Å². The molecule has 0 saturated carbocycles. The Morgan fingerprint density at radius 2 is 2.11 bits per heavy atom. The number of fused-ring (bicyclic) bond motifs is 1. The van der Waals surface area contributed by atoms with Gasteiger partial charge < -0.3 is 15.2 Å². The summed E-state index contributed by atoms with van der Waals surface area (Å²) in [5, 5.41) is 11.8. The van der Waals surface area contributed by atoms with E-state index in [1.165, 1.54) is 0 Å². The van der Waals surface area contributed by atoms with Crippen molar-refractivity contribution >= 4 is 0 Å². The van der Waals surface area contributed by atoms with Crippen molar-refractivity contribution in [2.24, 2.45) is 5.92 Å². The molecule has 1 aromatic carbocycles. The van der Waals surface area contributed by atoms with Gasteiger partial charge in [0.2, 0.25) is 0 Å². The molecule has 0 radical (unpaired) electrons. The second-order valence-corrected chi connectivity index (χ2v) is 4.77. The molecule has 3 atom stereocenters. The van der Waals surface area contributed by atoms with Crippen LogP contribution in [0.25, 0.3) is 0 Å². The van der Waals surface area contributed by atoms with E-state index in [1.54, 1.807) is 6.07 Å². The van der Waals surface area contributed by atoms with E-state index < -0.39 is 18.8 Å². The average molecular weight is 275 g/mol. The first-order valence-corrected chi connectivity index (χ1v) is 6.09. The van der Waals surface area contributed by atoms with E-state index in [0.29, 0.717) is 12.4 Å². The third-order valence-corrected chi connectivity index (χ3v) is 3.23. The number of ether oxygens (including phenoxy) is 1. The van der Waals surface area contributed by atoms with Gasteiger partial charge in [0, 0.05) is 24.1 Å². The average Bonchev–Trinajstić information content (AvgIpc) is 2.36. The lowest BCUT2D eigenvalue weighted by molar-refractivity contribution is -0.202. The Morgan fingerprint density at radius 3 is 2.79 bits per heavy atom. The lowest BCUT2D eigenvalue weighted by atomic mass is 9.92. The second kappa shape index (κ2) is 5.38. The smallest absolute Gasteiger partial charge is 0.415 e. The standard InChI is InChI=1S/C13H16F3NO2/c1-8-7-19-10-5-3-2-4-9(10)12(8)17-6-11(18)13(14,15)16/h2-5,8,11-12,17-18H,6-7H2,1H3. The van der Waals surface area contributed by atoms with Crippen LogP contribution in [0.5, 0.6) is 5.75 Å². The lowest BCUT2D eigenvalue weighted by Crippen LogP contribution is -2.42. The summed E-state index contributed by atoms with van der Waals surface area (Å²) < 4.78 is 42.4. The molecule has 0 spiro atoms. The summed E-state index contributed by atoms with van der Waals surface area (Å²) in [6, 6.07) is 6.99. The first-order chi connectivity index (χ1) is 8.89. The highest BCUT2D eigenvalue weighted by Gasteiger charge is 2.39. The largest absolute Gasteiger partial charge is 0.493 e. The van der Waals surface area contributed by atoms with Crippen molar-refractivity contribution in [3.63, 3.8) is 0 Å². The van der Waals surface area contributed by atoms with Crippen LogP contribution in [0, 0.1) is 5.92 Å². The number of hydrogen-bond donors (Lipinski definition) is 2. The summed E-state index contributed by atoms with van der Waals surface area (Å²) in [6.45, 7) is 1.82. The molecule has 0 fully saturated rings. The van der Waals surface area contributed by atoms with Crippen molar-refractivity contribution in [1.29, 1.82) is 0 Å². The number of para-hydroxylation sites is 1. The molecule has 0 bridgehead atoms. The molecule has 2 rings (SSSR count). The number of benzene rings is 1. The van der Waals surface area contributed by atoms with Gasteiger partial charge in [-0.05, 0) is 6.07 Å². The van der Waals surface area contributed by atoms with E-state index in [9.17, 15) is 13.2 Å². The molecule has 6 heteroatoms. The molecule has 1 heterocycles. The first kappa shape index (κ1) is 14.1. The van der Waals surface area contributed by atoms with Gasteiger partial charge in [0.15, 0.2) is 6.10 Å². The number of hydrogen-bond acceptors (Lipinski definition) is 3. The molecule has 3 nitrogen and oxygen atoms in total. The molecule has 0 aliphatic carbocycles. The SMILES string of the molecule is CC1COc2ccccc2C1NCC(O)C(F)(F)F. The van der Waals surface area contributed by atoms with E-state index >= 15 is 0 Å². The van der Waals surface area contributed by atoms with Gasteiger partial charge in [0.25, 0.3) is 0 Å². The second-order valence-electron chi connectivity index (χ2n) is 4.77. The lowest BCUT2D eigenvalue weighted by Gasteiger charge is -2.33. The van der Waals surface area contributed by atoms with E-state index in [0.717, 1.165) is 5.56 Å². The number of rotatable bonds is 3. The van der Waals surface area contributed by atoms with Crippen molar-refractivity contribution in [2.75, 3.05) is 13.2 Å². The normalized spacial score (nSPS) is 24.5. The van der Waals surface area contributed by atoms with Gasteiger partial charge >= 0.3 is 6.18 Å². The third kappa shape index (κ3) is 3.19. The van der Waals surface area contributed by atoms with Crippen LogP contribution in [-0.2, 0) is 0 Å². The molecule has 0 amide bonds. The monoisotopic (exact) mass is 275 g/mol. The van der Waals surface area contributed by atoms with Gasteiger partial charge in [-0.3, -0.25) is 0 Å². The fourth-order valence-corrected chi connectivity index (χ4v) is 2.16. The molecular weight excluding hydrogens is 259 g/mol. The van der Waals surface area contributed by atoms with Gasteiger partial charge in [0.1, 0.15) is 5.75 Å². The van der Waals surface area contributed by atoms with Crippen LogP contribution in [0.3, 0.4) is 0 Å². The van der Waals surface area contributed by atoms with E-state index in [2.05, 4.69) is 5.32 Å². The highest BCUT2D eigenvalue weighted by Crippen LogP contribution is 2.35. The Balaban J connectivity index is 2.08. The van der Waals surface area contributed by atoms with Gasteiger partial charge in [-0.25, -0.2) is 0 Å². The molecule has 0 saturated heterocycles. The zero-order valence-electron chi connectivity index (χ0n) is 10.4. The summed E-state index contributed by atoms with van der Waals surface area (Å²) in [7, 11) is 0. The molecule has 0 aromatic heterocycles. The first-order valence-electron chi connectivity index (χ1n) is 6.09. The summed E-state index contributed by atoms with van der Waals surface area (Å²) in [4.78, 5) is 0. The Hall–Kier alpha value is -1.27. The third-order valence-electron chi connectivity index (χ3n) is 3.23. The molecule has 1 aliphatic rings. The highest BCUT2D eigenvalue weighted by molar-refractivity contribution is 5.37. The number of alkyl halides is 3. The van der Waals surface area contributed by atoms with Crippen molar-refractivity contribution in [2.45, 2.75) is 25.2 Å². The van der Waals surface area contributed by atoms with E-state index in [1.807, 2.05) is 25.1 Å². The minimum absolute atomic E-state index is 0.0373. The topological polar surface area (TPSA) is 41.5 Å². The zero-order chi connectivity index (χ0) is 14.0. The maximum absolute atomic E-state index is 12.3. The number of aliphatic hydroxyl groups excluding tert-OH is 1. The van der Waals surface area contributed by atoms with Crippen LogP contribution in [-0.4, -0.2) is 30.5 Å². The maximum atomic E-state index is 12.3. The van der Waals surface area contributed by atoms with Gasteiger partial charge in [-0.1, -0.05) is 25.1 Å². The molecule has 19 heavy (non-hydrogen) atoms. The summed E-state index contributed by atoms with van der Waals surface area (Å²) in [5.41, 5.74) is 0.829. The minimum atomic E-state index is -4.60. The van der Waals surface area contributed by atoms with Crippen molar-refractivity contribution in [1.82, 2.24) is 5.32 Å². The van der Waals surface area contributed by atoms with Crippen molar-refractivity contribution in [3.05, 3.63) is 29.8 Å². The summed E-state index contributed by atoms with van der Waals surface area (Å²) in [6.07, 6.45) is -6.95. The van der Waals surface area contributed by atoms with E-state index in [-0.39, 0.29) is 12.0 Å². The Bertz CT molecular complexity index is 436. The highest BCUT2D eigenvalue weighted by atomic mass is 19.4. The van der Waals surface area contributed by atoms with Crippen LogP contribution in [0.1, 0.15) is 18.5 Å². The fourth-order valence-electron chi connectivity index (χ4n) is 2.16. The number of nitrogens with one attached hydrogen (secondary N) is 1. The number of halogens is 3. The predicted octanol–water partition coefficient (Wildman–Crippen LogP) is 2.27. The number of aliphatic hydroxyl groups is 1.